The molecule has 7 nitrogen and oxygen atoms in total. The van der Waals surface area contributed by atoms with Crippen molar-refractivity contribution < 1.29 is 28.7 Å². The van der Waals surface area contributed by atoms with Crippen LogP contribution in [0.4, 0.5) is 4.79 Å². The summed E-state index contributed by atoms with van der Waals surface area (Å²) in [5.74, 6) is -0.231. The average Bonchev–Trinajstić information content (AvgIpc) is 2.48. The predicted octanol–water partition coefficient (Wildman–Crippen LogP) is 3.24. The van der Waals surface area contributed by atoms with Gasteiger partial charge in [0.1, 0.15) is 5.60 Å². The van der Waals surface area contributed by atoms with E-state index >= 15 is 0 Å². The van der Waals surface area contributed by atoms with E-state index in [0.29, 0.717) is 0 Å². The minimum Gasteiger partial charge on any atom is -0.469 e. The monoisotopic (exact) mass is 357 g/mol. The highest BCUT2D eigenvalue weighted by atomic mass is 16.6. The molecule has 0 aromatic rings. The summed E-state index contributed by atoms with van der Waals surface area (Å²) < 4.78 is 9.88. The molecular formula is C18H31NO6. The van der Waals surface area contributed by atoms with Crippen LogP contribution in [-0.4, -0.2) is 37.0 Å². The molecule has 0 aliphatic carbocycles. The maximum atomic E-state index is 11.6. The summed E-state index contributed by atoms with van der Waals surface area (Å²) in [4.78, 5) is 39.1. The zero-order valence-corrected chi connectivity index (χ0v) is 16.1. The third-order valence-corrected chi connectivity index (χ3v) is 3.07. The minimum atomic E-state index is -0.472. The van der Waals surface area contributed by atoms with Crippen molar-refractivity contribution in [1.29, 1.82) is 0 Å². The molecular weight excluding hydrogens is 326 g/mol. The van der Waals surface area contributed by atoms with Crippen molar-refractivity contribution in [2.24, 2.45) is 5.92 Å². The average molecular weight is 357 g/mol. The second kappa shape index (κ2) is 14.2. The van der Waals surface area contributed by atoms with Gasteiger partial charge in [0.15, 0.2) is 0 Å². The number of methoxy groups -OCH3 is 1. The van der Waals surface area contributed by atoms with Crippen LogP contribution in [0.5, 0.6) is 0 Å². The van der Waals surface area contributed by atoms with Gasteiger partial charge < -0.3 is 14.8 Å². The summed E-state index contributed by atoms with van der Waals surface area (Å²) in [5, 5.41) is 2.81. The maximum Gasteiger partial charge on any atom is 0.407 e. The number of allylic oxidation sites excluding steroid dienone is 2. The molecule has 0 bridgehead atoms. The van der Waals surface area contributed by atoms with E-state index in [1.807, 2.05) is 34.6 Å². The normalized spacial score (nSPS) is 13.0. The molecule has 0 radical (unpaired) electrons. The van der Waals surface area contributed by atoms with Gasteiger partial charge >= 0.3 is 18.2 Å². The summed E-state index contributed by atoms with van der Waals surface area (Å²) in [7, 11) is 1.41. The second-order valence-electron chi connectivity index (χ2n) is 6.68. The highest BCUT2D eigenvalue weighted by Gasteiger charge is 2.17. The Kier molecular flexibility index (Phi) is 14.3. The molecule has 0 spiro atoms. The van der Waals surface area contributed by atoms with Gasteiger partial charge in [0.2, 0.25) is 0 Å². The van der Waals surface area contributed by atoms with Gasteiger partial charge in [-0.3, -0.25) is 4.79 Å². The molecule has 0 saturated carbocycles. The fourth-order valence-corrected chi connectivity index (χ4v) is 1.83. The summed E-state index contributed by atoms with van der Waals surface area (Å²) >= 11 is 0. The van der Waals surface area contributed by atoms with Crippen LogP contribution in [0.1, 0.15) is 60.3 Å². The van der Waals surface area contributed by atoms with Crippen molar-refractivity contribution in [3.05, 3.63) is 12.2 Å². The van der Waals surface area contributed by atoms with E-state index in [1.165, 1.54) is 7.11 Å². The van der Waals surface area contributed by atoms with Crippen molar-refractivity contribution in [2.75, 3.05) is 7.11 Å². The molecule has 0 aliphatic heterocycles. The van der Waals surface area contributed by atoms with Crippen molar-refractivity contribution in [3.8, 4) is 0 Å². The number of esters is 1. The molecule has 0 aliphatic rings. The summed E-state index contributed by atoms with van der Waals surface area (Å²) in [6.07, 6.45) is 7.39. The Bertz CT molecular complexity index is 447. The van der Waals surface area contributed by atoms with Crippen LogP contribution in [0, 0.1) is 5.92 Å². The Balaban J connectivity index is 0. The number of alkyl carbamates (subject to hydrolysis) is 1. The number of amides is 1. The molecule has 144 valence electrons. The van der Waals surface area contributed by atoms with Gasteiger partial charge in [-0.1, -0.05) is 19.1 Å². The molecule has 25 heavy (non-hydrogen) atoms. The molecule has 1 unspecified atom stereocenters. The molecule has 1 amide bonds. The Hall–Kier alpha value is -2.14. The van der Waals surface area contributed by atoms with Crippen LogP contribution in [0.15, 0.2) is 12.2 Å². The zero-order valence-electron chi connectivity index (χ0n) is 16.1. The predicted molar refractivity (Wildman–Crippen MR) is 92.6 cm³/mol. The van der Waals surface area contributed by atoms with E-state index in [4.69, 9.17) is 14.3 Å². The molecule has 7 heteroatoms. The molecule has 0 saturated heterocycles. The molecule has 0 aromatic heterocycles. The van der Waals surface area contributed by atoms with E-state index in [0.717, 1.165) is 25.7 Å². The van der Waals surface area contributed by atoms with Gasteiger partial charge in [0, 0.05) is 6.04 Å². The molecule has 0 rings (SSSR count). The smallest absolute Gasteiger partial charge is 0.407 e. The Morgan fingerprint density at radius 1 is 1.08 bits per heavy atom. The van der Waals surface area contributed by atoms with Crippen molar-refractivity contribution >= 4 is 18.2 Å². The van der Waals surface area contributed by atoms with E-state index in [1.54, 1.807) is 0 Å². The van der Waals surface area contributed by atoms with Crippen LogP contribution >= 0.6 is 0 Å². The van der Waals surface area contributed by atoms with E-state index in [-0.39, 0.29) is 30.2 Å². The highest BCUT2D eigenvalue weighted by Crippen LogP contribution is 2.09. The van der Waals surface area contributed by atoms with E-state index < -0.39 is 5.60 Å². The molecule has 0 heterocycles. The number of hydrogen-bond donors (Lipinski definition) is 1. The summed E-state index contributed by atoms with van der Waals surface area (Å²) in [5.41, 5.74) is -0.472. The van der Waals surface area contributed by atoms with Crippen molar-refractivity contribution in [1.82, 2.24) is 5.32 Å². The number of hydrogen-bond acceptors (Lipinski definition) is 6. The number of nitrogens with one attached hydrogen (secondary N) is 1. The van der Waals surface area contributed by atoms with E-state index in [2.05, 4.69) is 22.2 Å². The number of ether oxygens (including phenoxy) is 2. The SMILES string of the molecule is COC(=O)[C@@H](C)CC/C=C\CCC(C)NC(=O)OC(C)(C)C.O=C=O. The second-order valence-corrected chi connectivity index (χ2v) is 6.68. The minimum absolute atomic E-state index is 0.0634. The van der Waals surface area contributed by atoms with Crippen LogP contribution in [-0.2, 0) is 23.9 Å². The molecule has 0 aromatic carbocycles. The third kappa shape index (κ3) is 18.0. The zero-order chi connectivity index (χ0) is 19.9. The fourth-order valence-electron chi connectivity index (χ4n) is 1.83. The Morgan fingerprint density at radius 2 is 1.56 bits per heavy atom. The topological polar surface area (TPSA) is 98.8 Å². The Labute approximate surface area is 150 Å². The van der Waals surface area contributed by atoms with Crippen LogP contribution < -0.4 is 5.32 Å². The number of carbonyl (C=O) groups is 2. The lowest BCUT2D eigenvalue weighted by atomic mass is 10.1. The first-order valence-electron chi connectivity index (χ1n) is 8.29. The lowest BCUT2D eigenvalue weighted by Gasteiger charge is -2.21. The largest absolute Gasteiger partial charge is 0.469 e. The molecule has 0 fully saturated rings. The lowest BCUT2D eigenvalue weighted by Crippen LogP contribution is -2.37. The first-order chi connectivity index (χ1) is 11.6. The maximum absolute atomic E-state index is 11.6. The first-order valence-corrected chi connectivity index (χ1v) is 8.29. The Morgan fingerprint density at radius 3 is 2.00 bits per heavy atom. The van der Waals surface area contributed by atoms with Crippen LogP contribution in [0.2, 0.25) is 0 Å². The quantitative estimate of drug-likeness (QED) is 0.529. The summed E-state index contributed by atoms with van der Waals surface area (Å²) in [6, 6.07) is 0.0634. The van der Waals surface area contributed by atoms with Gasteiger partial charge in [0.05, 0.1) is 13.0 Å². The van der Waals surface area contributed by atoms with Crippen LogP contribution in [0.3, 0.4) is 0 Å². The summed E-state index contributed by atoms with van der Waals surface area (Å²) in [6.45, 7) is 9.35. The first kappa shape index (κ1) is 25.1. The van der Waals surface area contributed by atoms with Gasteiger partial charge in [0.25, 0.3) is 0 Å². The van der Waals surface area contributed by atoms with Gasteiger partial charge in [-0.05, 0) is 53.4 Å². The highest BCUT2D eigenvalue weighted by molar-refractivity contribution is 5.71. The number of carbonyl (C=O) groups excluding carboxylic acids is 4. The third-order valence-electron chi connectivity index (χ3n) is 3.07. The number of rotatable bonds is 8. The van der Waals surface area contributed by atoms with Gasteiger partial charge in [-0.15, -0.1) is 0 Å². The fraction of sp³-hybridized carbons (Fsp3) is 0.722. The van der Waals surface area contributed by atoms with Crippen molar-refractivity contribution in [3.63, 3.8) is 0 Å². The lowest BCUT2D eigenvalue weighted by molar-refractivity contribution is -0.191. The van der Waals surface area contributed by atoms with E-state index in [9.17, 15) is 9.59 Å². The van der Waals surface area contributed by atoms with Crippen LogP contribution in [0.25, 0.3) is 0 Å². The standard InChI is InChI=1S/C17H31NO4.CO2/c1-13(15(19)21-6)11-9-7-8-10-12-14(2)18-16(20)22-17(3,4)5;2-1-3/h7-8,13-14H,9-12H2,1-6H3,(H,18,20);/b8-7-;/t13-,14?;/m0./s1. The molecule has 1 N–H and O–H groups in total. The van der Waals surface area contributed by atoms with Gasteiger partial charge in [-0.25, -0.2) is 4.79 Å². The molecule has 2 atom stereocenters. The van der Waals surface area contributed by atoms with Gasteiger partial charge in [-0.2, -0.15) is 9.59 Å². The van der Waals surface area contributed by atoms with Crippen molar-refractivity contribution in [2.45, 2.75) is 71.9 Å².